The molecule has 0 saturated carbocycles. The van der Waals surface area contributed by atoms with Crippen LogP contribution in [0.1, 0.15) is 59.7 Å². The molecule has 0 bridgehead atoms. The highest BCUT2D eigenvalue weighted by atomic mass is 16.5. The molecule has 0 spiro atoms. The van der Waals surface area contributed by atoms with E-state index in [1.807, 2.05) is 30.3 Å². The van der Waals surface area contributed by atoms with Crippen LogP contribution in [0.25, 0.3) is 0 Å². The Hall–Kier alpha value is -5.78. The summed E-state index contributed by atoms with van der Waals surface area (Å²) in [6, 6.07) is 26.9. The minimum Gasteiger partial charge on any atom is -0.469 e. The zero-order valence-corrected chi connectivity index (χ0v) is 30.3. The molecule has 3 heterocycles. The number of esters is 1. The Morgan fingerprint density at radius 2 is 1.67 bits per heavy atom. The van der Waals surface area contributed by atoms with Crippen molar-refractivity contribution in [3.8, 4) is 11.5 Å². The van der Waals surface area contributed by atoms with Gasteiger partial charge in [0.05, 0.1) is 36.7 Å². The van der Waals surface area contributed by atoms with Crippen molar-refractivity contribution >= 4 is 40.8 Å². The Kier molecular flexibility index (Phi) is 10.4. The van der Waals surface area contributed by atoms with Gasteiger partial charge in [-0.3, -0.25) is 24.1 Å². The van der Waals surface area contributed by atoms with E-state index in [0.717, 1.165) is 11.1 Å². The lowest BCUT2D eigenvalue weighted by Crippen LogP contribution is -2.46. The molecule has 278 valence electrons. The van der Waals surface area contributed by atoms with E-state index in [2.05, 4.69) is 0 Å². The molecular formula is C43H43N3O8. The van der Waals surface area contributed by atoms with Crippen LogP contribution in [0.5, 0.6) is 11.5 Å². The minimum atomic E-state index is -2.05. The first-order chi connectivity index (χ1) is 26.1. The zero-order valence-electron chi connectivity index (χ0n) is 30.3. The van der Waals surface area contributed by atoms with Crippen molar-refractivity contribution in [2.24, 2.45) is 5.92 Å². The number of para-hydroxylation sites is 3. The van der Waals surface area contributed by atoms with Crippen molar-refractivity contribution in [3.05, 3.63) is 125 Å². The number of carbonyl (C=O) groups excluding carboxylic acids is 4. The summed E-state index contributed by atoms with van der Waals surface area (Å²) in [6.07, 6.45) is 5.07. The number of methoxy groups -OCH3 is 1. The average Bonchev–Trinajstić information content (AvgIpc) is 3.32. The number of aliphatic hydroxyl groups is 2. The molecule has 0 fully saturated rings. The van der Waals surface area contributed by atoms with E-state index in [1.165, 1.54) is 16.9 Å². The Balaban J connectivity index is 1.20. The van der Waals surface area contributed by atoms with Crippen molar-refractivity contribution in [2.75, 3.05) is 30.1 Å². The molecule has 2 N–H and O–H groups in total. The van der Waals surface area contributed by atoms with Crippen LogP contribution in [0.3, 0.4) is 0 Å². The summed E-state index contributed by atoms with van der Waals surface area (Å²) in [6.45, 7) is 2.19. The van der Waals surface area contributed by atoms with Gasteiger partial charge >= 0.3 is 5.97 Å². The first-order valence-corrected chi connectivity index (χ1v) is 18.3. The number of ether oxygens (including phenoxy) is 2. The van der Waals surface area contributed by atoms with Gasteiger partial charge in [0.1, 0.15) is 5.75 Å². The topological polar surface area (TPSA) is 137 Å². The van der Waals surface area contributed by atoms with Crippen LogP contribution in [-0.2, 0) is 37.7 Å². The van der Waals surface area contributed by atoms with Crippen molar-refractivity contribution < 1.29 is 38.9 Å². The van der Waals surface area contributed by atoms with Gasteiger partial charge in [-0.1, -0.05) is 67.6 Å². The third-order valence-electron chi connectivity index (χ3n) is 10.7. The Labute approximate surface area is 314 Å². The normalized spacial score (nSPS) is 19.4. The van der Waals surface area contributed by atoms with Gasteiger partial charge in [-0.15, -0.1) is 0 Å². The maximum Gasteiger partial charge on any atom is 0.305 e. The van der Waals surface area contributed by atoms with Crippen LogP contribution in [-0.4, -0.2) is 65.1 Å². The van der Waals surface area contributed by atoms with E-state index in [0.29, 0.717) is 65.5 Å². The molecule has 54 heavy (non-hydrogen) atoms. The van der Waals surface area contributed by atoms with E-state index >= 15 is 0 Å². The number of hydrogen-bond donors (Lipinski definition) is 2. The van der Waals surface area contributed by atoms with Crippen LogP contribution in [0.15, 0.2) is 103 Å². The van der Waals surface area contributed by atoms with E-state index < -0.39 is 17.4 Å². The minimum absolute atomic E-state index is 0.00981. The van der Waals surface area contributed by atoms with Gasteiger partial charge in [0.15, 0.2) is 11.4 Å². The lowest BCUT2D eigenvalue weighted by molar-refractivity contribution is -0.140. The smallest absolute Gasteiger partial charge is 0.305 e. The van der Waals surface area contributed by atoms with E-state index in [9.17, 15) is 29.4 Å². The van der Waals surface area contributed by atoms with Gasteiger partial charge in [0, 0.05) is 43.1 Å². The molecule has 0 aromatic heterocycles. The molecule has 11 nitrogen and oxygen atoms in total. The first kappa shape index (κ1) is 36.6. The number of unbranched alkanes of at least 4 members (excludes halogenated alkanes) is 1. The van der Waals surface area contributed by atoms with Gasteiger partial charge in [0.2, 0.25) is 5.91 Å². The highest BCUT2D eigenvalue weighted by Crippen LogP contribution is 2.49. The second-order valence-electron chi connectivity index (χ2n) is 13.9. The summed E-state index contributed by atoms with van der Waals surface area (Å²) in [7, 11) is 1.33. The van der Waals surface area contributed by atoms with Crippen LogP contribution in [0.2, 0.25) is 0 Å². The van der Waals surface area contributed by atoms with Crippen LogP contribution in [0, 0.1) is 5.92 Å². The summed E-state index contributed by atoms with van der Waals surface area (Å²) in [5.74, 6) is -1.31. The molecule has 7 rings (SSSR count). The fourth-order valence-electron chi connectivity index (χ4n) is 7.67. The lowest BCUT2D eigenvalue weighted by atomic mass is 9.82. The van der Waals surface area contributed by atoms with Crippen molar-refractivity contribution in [2.45, 2.75) is 57.2 Å². The third kappa shape index (κ3) is 6.65. The zero-order chi connectivity index (χ0) is 38.0. The monoisotopic (exact) mass is 729 g/mol. The SMILES string of the molecule is COC(=O)CCCCN1C(=O)[C@@](O)([C@@H](C)/C=C/CC(=O)N2Cc3ccccc3C[C@H]2CO)c2cc(N3C(=O)c4ccccc4Oc4ccccc43)ccc21. The molecule has 0 unspecified atom stereocenters. The Bertz CT molecular complexity index is 2130. The Morgan fingerprint density at radius 3 is 2.44 bits per heavy atom. The molecule has 3 atom stereocenters. The summed E-state index contributed by atoms with van der Waals surface area (Å²) in [5, 5.41) is 22.7. The van der Waals surface area contributed by atoms with Crippen molar-refractivity contribution in [3.63, 3.8) is 0 Å². The number of amides is 3. The number of rotatable bonds is 11. The highest BCUT2D eigenvalue weighted by Gasteiger charge is 2.53. The van der Waals surface area contributed by atoms with Crippen molar-refractivity contribution in [1.29, 1.82) is 0 Å². The molecule has 3 aliphatic rings. The van der Waals surface area contributed by atoms with E-state index in [4.69, 9.17) is 9.47 Å². The highest BCUT2D eigenvalue weighted by molar-refractivity contribution is 6.15. The molecule has 4 aromatic carbocycles. The Morgan fingerprint density at radius 1 is 0.944 bits per heavy atom. The summed E-state index contributed by atoms with van der Waals surface area (Å²) in [5.41, 5.74) is 2.20. The quantitative estimate of drug-likeness (QED) is 0.106. The number of benzene rings is 4. The lowest BCUT2D eigenvalue weighted by Gasteiger charge is -2.36. The first-order valence-electron chi connectivity index (χ1n) is 18.3. The van der Waals surface area contributed by atoms with Gasteiger partial charge in [-0.2, -0.15) is 0 Å². The second kappa shape index (κ2) is 15.3. The van der Waals surface area contributed by atoms with Crippen LogP contribution >= 0.6 is 0 Å². The average molecular weight is 730 g/mol. The molecule has 4 aromatic rings. The van der Waals surface area contributed by atoms with Crippen LogP contribution in [0.4, 0.5) is 17.1 Å². The molecule has 3 amide bonds. The maximum absolute atomic E-state index is 14.4. The van der Waals surface area contributed by atoms with Gasteiger partial charge in [-0.05, 0) is 72.9 Å². The third-order valence-corrected chi connectivity index (χ3v) is 10.7. The molecular weight excluding hydrogens is 686 g/mol. The van der Waals surface area contributed by atoms with E-state index in [-0.39, 0.29) is 49.8 Å². The van der Waals surface area contributed by atoms with Gasteiger partial charge in [0.25, 0.3) is 11.8 Å². The number of aliphatic hydroxyl groups excluding tert-OH is 1. The summed E-state index contributed by atoms with van der Waals surface area (Å²) < 4.78 is 11.0. The van der Waals surface area contributed by atoms with Gasteiger partial charge in [-0.25, -0.2) is 0 Å². The molecule has 3 aliphatic heterocycles. The standard InChI is InChI=1S/C43H43N3O8/c1-28(12-11-19-39(48)45-26-30-14-4-3-13-29(30)24-32(45)27-47)43(52)34-25-31(21-22-35(34)44(42(43)51)23-10-9-20-40(49)53-2)46-36-16-6-8-18-38(36)54-37-17-7-5-15-33(37)41(46)50/h3-8,11-18,21-22,25,28,32,47,52H,9-10,19-20,23-24,26-27H2,1-2H3/b12-11+/t28-,32-,43+/m0/s1. The molecule has 0 radical (unpaired) electrons. The maximum atomic E-state index is 14.4. The van der Waals surface area contributed by atoms with Gasteiger partial charge < -0.3 is 29.5 Å². The fraction of sp³-hybridized carbons (Fsp3) is 0.302. The summed E-state index contributed by atoms with van der Waals surface area (Å²) >= 11 is 0. The predicted octanol–water partition coefficient (Wildman–Crippen LogP) is 6.18. The number of nitrogens with zero attached hydrogens (tertiary/aromatic N) is 3. The molecule has 11 heteroatoms. The summed E-state index contributed by atoms with van der Waals surface area (Å²) in [4.78, 5) is 58.6. The number of anilines is 3. The second-order valence-corrected chi connectivity index (χ2v) is 13.9. The molecule has 0 saturated heterocycles. The number of hydrogen-bond acceptors (Lipinski definition) is 8. The predicted molar refractivity (Wildman–Crippen MR) is 202 cm³/mol. The largest absolute Gasteiger partial charge is 0.469 e. The number of fused-ring (bicyclic) bond motifs is 4. The van der Waals surface area contributed by atoms with Crippen LogP contribution < -0.4 is 14.5 Å². The van der Waals surface area contributed by atoms with Crippen molar-refractivity contribution in [1.82, 2.24) is 4.90 Å². The number of carbonyl (C=O) groups is 4. The van der Waals surface area contributed by atoms with E-state index in [1.54, 1.807) is 84.6 Å². The molecule has 0 aliphatic carbocycles. The fourth-order valence-corrected chi connectivity index (χ4v) is 7.67.